The van der Waals surface area contributed by atoms with Gasteiger partial charge in [-0.15, -0.1) is 0 Å². The molecule has 27 heavy (non-hydrogen) atoms. The van der Waals surface area contributed by atoms with Crippen molar-refractivity contribution in [2.24, 2.45) is 0 Å². The van der Waals surface area contributed by atoms with Gasteiger partial charge in [0.1, 0.15) is 5.75 Å². The van der Waals surface area contributed by atoms with Crippen LogP contribution in [-0.4, -0.2) is 30.2 Å². The van der Waals surface area contributed by atoms with Gasteiger partial charge in [0, 0.05) is 24.0 Å². The van der Waals surface area contributed by atoms with Crippen LogP contribution in [0.25, 0.3) is 0 Å². The van der Waals surface area contributed by atoms with Gasteiger partial charge < -0.3 is 24.6 Å². The molecule has 0 saturated carbocycles. The highest BCUT2D eigenvalue weighted by Crippen LogP contribution is 2.32. The number of hydrogen-bond donors (Lipinski definition) is 2. The van der Waals surface area contributed by atoms with Gasteiger partial charge in [-0.25, -0.2) is 4.98 Å². The maximum Gasteiger partial charge on any atom is 0.278 e. The predicted octanol–water partition coefficient (Wildman–Crippen LogP) is 3.85. The number of amides is 1. The summed E-state index contributed by atoms with van der Waals surface area (Å²) in [6.07, 6.45) is 1.38. The van der Waals surface area contributed by atoms with E-state index in [4.69, 9.17) is 14.2 Å². The zero-order valence-corrected chi connectivity index (χ0v) is 14.8. The number of benzene rings is 2. The van der Waals surface area contributed by atoms with E-state index in [1.54, 1.807) is 43.5 Å². The van der Waals surface area contributed by atoms with Gasteiger partial charge >= 0.3 is 0 Å². The fourth-order valence-electron chi connectivity index (χ4n) is 2.42. The molecule has 0 aliphatic heterocycles. The van der Waals surface area contributed by atoms with E-state index in [-0.39, 0.29) is 17.2 Å². The Morgan fingerprint density at radius 2 is 1.70 bits per heavy atom. The molecule has 0 unspecified atom stereocenters. The number of anilines is 1. The average Bonchev–Trinajstić information content (AvgIpc) is 2.69. The topological polar surface area (TPSA) is 89.9 Å². The summed E-state index contributed by atoms with van der Waals surface area (Å²) in [5.74, 6) is 0.941. The molecular weight excluding hydrogens is 348 g/mol. The summed E-state index contributed by atoms with van der Waals surface area (Å²) in [7, 11) is 2.96. The summed E-state index contributed by atoms with van der Waals surface area (Å²) in [6, 6.07) is 15.6. The van der Waals surface area contributed by atoms with Crippen molar-refractivity contribution < 1.29 is 24.1 Å². The maximum atomic E-state index is 12.4. The van der Waals surface area contributed by atoms with Gasteiger partial charge in [0.05, 0.1) is 14.2 Å². The highest BCUT2D eigenvalue weighted by atomic mass is 16.5. The molecule has 0 aliphatic carbocycles. The number of ether oxygens (including phenoxy) is 3. The number of para-hydroxylation sites is 2. The normalized spacial score (nSPS) is 10.1. The Labute approximate surface area is 156 Å². The van der Waals surface area contributed by atoms with Gasteiger partial charge in [0.2, 0.25) is 0 Å². The smallest absolute Gasteiger partial charge is 0.278 e. The second kappa shape index (κ2) is 8.09. The van der Waals surface area contributed by atoms with Gasteiger partial charge in [-0.2, -0.15) is 0 Å². The molecule has 0 fully saturated rings. The molecule has 3 aromatic rings. The molecule has 7 heteroatoms. The van der Waals surface area contributed by atoms with Gasteiger partial charge in [-0.05, 0) is 24.3 Å². The number of nitrogens with zero attached hydrogens (tertiary/aromatic N) is 1. The Morgan fingerprint density at radius 1 is 0.963 bits per heavy atom. The lowest BCUT2D eigenvalue weighted by Crippen LogP contribution is -2.14. The first-order valence-corrected chi connectivity index (χ1v) is 8.06. The van der Waals surface area contributed by atoms with Crippen LogP contribution in [0.4, 0.5) is 5.69 Å². The highest BCUT2D eigenvalue weighted by molar-refractivity contribution is 6.05. The third-order valence-corrected chi connectivity index (χ3v) is 3.71. The number of aromatic nitrogens is 1. The standard InChI is InChI=1S/C20H18N2O5/c1-25-15-8-3-4-9-16(15)27-14-7-5-6-13(12-14)22-20(24)18-19(23)17(26-2)10-11-21-18/h3-12,23H,1-2H3,(H,22,24). The van der Waals surface area contributed by atoms with E-state index in [1.807, 2.05) is 12.1 Å². The molecule has 138 valence electrons. The molecule has 1 aromatic heterocycles. The first kappa shape index (κ1) is 18.1. The minimum absolute atomic E-state index is 0.134. The van der Waals surface area contributed by atoms with Gasteiger partial charge in [0.25, 0.3) is 5.91 Å². The zero-order chi connectivity index (χ0) is 19.2. The fourth-order valence-corrected chi connectivity index (χ4v) is 2.42. The SMILES string of the molecule is COc1ccccc1Oc1cccc(NC(=O)c2nccc(OC)c2O)c1. The Kier molecular flexibility index (Phi) is 5.41. The van der Waals surface area contributed by atoms with Crippen LogP contribution in [0.5, 0.6) is 28.7 Å². The Balaban J connectivity index is 1.79. The van der Waals surface area contributed by atoms with E-state index >= 15 is 0 Å². The summed E-state index contributed by atoms with van der Waals surface area (Å²) in [5.41, 5.74) is 0.349. The van der Waals surface area contributed by atoms with E-state index < -0.39 is 5.91 Å². The molecule has 0 bridgehead atoms. The van der Waals surface area contributed by atoms with Crippen LogP contribution >= 0.6 is 0 Å². The van der Waals surface area contributed by atoms with Crippen molar-refractivity contribution in [3.8, 4) is 28.7 Å². The third-order valence-electron chi connectivity index (χ3n) is 3.71. The Morgan fingerprint density at radius 3 is 2.44 bits per heavy atom. The third kappa shape index (κ3) is 4.09. The highest BCUT2D eigenvalue weighted by Gasteiger charge is 2.17. The molecule has 2 N–H and O–H groups in total. The van der Waals surface area contributed by atoms with Gasteiger partial charge in [-0.1, -0.05) is 18.2 Å². The molecule has 1 amide bonds. The number of aromatic hydroxyl groups is 1. The molecule has 0 radical (unpaired) electrons. The van der Waals surface area contributed by atoms with Crippen LogP contribution in [0.3, 0.4) is 0 Å². The first-order valence-electron chi connectivity index (χ1n) is 8.06. The van der Waals surface area contributed by atoms with Crippen LogP contribution in [0.15, 0.2) is 60.8 Å². The van der Waals surface area contributed by atoms with E-state index in [9.17, 15) is 9.90 Å². The summed E-state index contributed by atoms with van der Waals surface area (Å²) in [4.78, 5) is 16.3. The lowest BCUT2D eigenvalue weighted by atomic mass is 10.2. The number of carbonyl (C=O) groups excluding carboxylic acids is 1. The summed E-state index contributed by atoms with van der Waals surface area (Å²) in [6.45, 7) is 0. The summed E-state index contributed by atoms with van der Waals surface area (Å²) >= 11 is 0. The molecule has 0 atom stereocenters. The van der Waals surface area contributed by atoms with Crippen molar-refractivity contribution >= 4 is 11.6 Å². The number of rotatable bonds is 6. The van der Waals surface area contributed by atoms with Crippen LogP contribution < -0.4 is 19.5 Å². The monoisotopic (exact) mass is 366 g/mol. The largest absolute Gasteiger partial charge is 0.503 e. The van der Waals surface area contributed by atoms with Crippen LogP contribution in [-0.2, 0) is 0 Å². The van der Waals surface area contributed by atoms with E-state index in [0.717, 1.165) is 0 Å². The lowest BCUT2D eigenvalue weighted by molar-refractivity contribution is 0.101. The molecule has 0 spiro atoms. The Hall–Kier alpha value is -3.74. The number of methoxy groups -OCH3 is 2. The number of pyridine rings is 1. The predicted molar refractivity (Wildman–Crippen MR) is 99.9 cm³/mol. The van der Waals surface area contributed by atoms with E-state index in [1.165, 1.54) is 19.4 Å². The van der Waals surface area contributed by atoms with Crippen molar-refractivity contribution in [1.29, 1.82) is 0 Å². The maximum absolute atomic E-state index is 12.4. The lowest BCUT2D eigenvalue weighted by Gasteiger charge is -2.12. The molecule has 0 saturated heterocycles. The average molecular weight is 366 g/mol. The van der Waals surface area contributed by atoms with Crippen molar-refractivity contribution in [3.63, 3.8) is 0 Å². The minimum Gasteiger partial charge on any atom is -0.503 e. The van der Waals surface area contributed by atoms with E-state index in [2.05, 4.69) is 10.3 Å². The van der Waals surface area contributed by atoms with Crippen molar-refractivity contribution in [1.82, 2.24) is 4.98 Å². The summed E-state index contributed by atoms with van der Waals surface area (Å²) in [5, 5.41) is 12.7. The molecule has 0 aliphatic rings. The number of hydrogen-bond acceptors (Lipinski definition) is 6. The van der Waals surface area contributed by atoms with Gasteiger partial charge in [0.15, 0.2) is 28.7 Å². The van der Waals surface area contributed by atoms with Gasteiger partial charge in [-0.3, -0.25) is 4.79 Å². The molecule has 3 rings (SSSR count). The summed E-state index contributed by atoms with van der Waals surface area (Å²) < 4.78 is 16.1. The van der Waals surface area contributed by atoms with Crippen molar-refractivity contribution in [3.05, 3.63) is 66.5 Å². The fraction of sp³-hybridized carbons (Fsp3) is 0.100. The Bertz CT molecular complexity index is 959. The second-order valence-corrected chi connectivity index (χ2v) is 5.45. The number of nitrogens with one attached hydrogen (secondary N) is 1. The van der Waals surface area contributed by atoms with Crippen LogP contribution in [0.1, 0.15) is 10.5 Å². The van der Waals surface area contributed by atoms with Crippen molar-refractivity contribution in [2.75, 3.05) is 19.5 Å². The second-order valence-electron chi connectivity index (χ2n) is 5.45. The van der Waals surface area contributed by atoms with E-state index in [0.29, 0.717) is 22.9 Å². The van der Waals surface area contributed by atoms with Crippen LogP contribution in [0, 0.1) is 0 Å². The molecule has 2 aromatic carbocycles. The zero-order valence-electron chi connectivity index (χ0n) is 14.8. The quantitative estimate of drug-likeness (QED) is 0.689. The number of carbonyl (C=O) groups is 1. The van der Waals surface area contributed by atoms with Crippen molar-refractivity contribution in [2.45, 2.75) is 0 Å². The molecule has 1 heterocycles. The first-order chi connectivity index (χ1) is 13.1. The molecule has 7 nitrogen and oxygen atoms in total. The molecular formula is C20H18N2O5. The minimum atomic E-state index is -0.569. The van der Waals surface area contributed by atoms with Crippen LogP contribution in [0.2, 0.25) is 0 Å².